The highest BCUT2D eigenvalue weighted by Crippen LogP contribution is 2.30. The monoisotopic (exact) mass is 435 g/mol. The third-order valence-electron chi connectivity index (χ3n) is 6.24. The van der Waals surface area contributed by atoms with Gasteiger partial charge < -0.3 is 29.2 Å². The number of hydrogen-bond donors (Lipinski definition) is 1. The Balaban J connectivity index is 1.67. The number of carbonyl (C=O) groups excluding carboxylic acids is 2. The minimum atomic E-state index is -0.371. The van der Waals surface area contributed by atoms with Crippen molar-refractivity contribution in [2.45, 2.75) is 37.6 Å². The molecule has 31 heavy (non-hydrogen) atoms. The zero-order valence-electron chi connectivity index (χ0n) is 18.6. The second-order valence-corrected chi connectivity index (χ2v) is 8.10. The Labute approximate surface area is 183 Å². The molecule has 1 aromatic heterocycles. The molecule has 2 amide bonds. The number of hydrogen-bond acceptors (Lipinski definition) is 7. The van der Waals surface area contributed by atoms with E-state index in [1.54, 1.807) is 24.1 Å². The summed E-state index contributed by atoms with van der Waals surface area (Å²) in [6.45, 7) is 2.88. The number of rotatable bonds is 8. The van der Waals surface area contributed by atoms with Gasteiger partial charge in [0.15, 0.2) is 0 Å². The minimum Gasteiger partial charge on any atom is -0.481 e. The number of nitrogens with zero attached hydrogens (tertiary/aromatic N) is 2. The van der Waals surface area contributed by atoms with E-state index in [1.807, 2.05) is 0 Å². The van der Waals surface area contributed by atoms with E-state index in [1.165, 1.54) is 14.2 Å². The molecule has 3 heterocycles. The van der Waals surface area contributed by atoms with Crippen LogP contribution in [0, 0.1) is 5.92 Å². The maximum Gasteiger partial charge on any atom is 0.259 e. The summed E-state index contributed by atoms with van der Waals surface area (Å²) in [6.07, 6.45) is 3.56. The summed E-state index contributed by atoms with van der Waals surface area (Å²) in [7, 11) is 4.66. The van der Waals surface area contributed by atoms with Crippen LogP contribution in [0.15, 0.2) is 12.1 Å². The van der Waals surface area contributed by atoms with Crippen LogP contribution >= 0.6 is 0 Å². The molecule has 172 valence electrons. The second kappa shape index (κ2) is 10.8. The summed E-state index contributed by atoms with van der Waals surface area (Å²) in [6, 6.07) is 3.32. The minimum absolute atomic E-state index is 0.0116. The summed E-state index contributed by atoms with van der Waals surface area (Å²) in [5, 5.41) is 3.31. The van der Waals surface area contributed by atoms with E-state index in [2.05, 4.69) is 10.3 Å². The van der Waals surface area contributed by atoms with Gasteiger partial charge in [-0.2, -0.15) is 4.98 Å². The number of aromatic nitrogens is 1. The molecule has 3 rings (SSSR count). The molecule has 0 spiro atoms. The number of likely N-dealkylation sites (tertiary alicyclic amines) is 1. The zero-order chi connectivity index (χ0) is 22.3. The Morgan fingerprint density at radius 1 is 1.16 bits per heavy atom. The maximum atomic E-state index is 13.1. The lowest BCUT2D eigenvalue weighted by atomic mass is 9.83. The molecule has 2 fully saturated rings. The molecule has 0 atom stereocenters. The molecule has 9 nitrogen and oxygen atoms in total. The lowest BCUT2D eigenvalue weighted by Crippen LogP contribution is -2.58. The molecule has 2 saturated heterocycles. The van der Waals surface area contributed by atoms with Gasteiger partial charge in [0.05, 0.1) is 14.2 Å². The van der Waals surface area contributed by atoms with Gasteiger partial charge >= 0.3 is 0 Å². The molecule has 0 aromatic carbocycles. The molecule has 1 aromatic rings. The van der Waals surface area contributed by atoms with Crippen LogP contribution in [0.4, 0.5) is 0 Å². The molecule has 0 unspecified atom stereocenters. The van der Waals surface area contributed by atoms with Crippen molar-refractivity contribution in [3.8, 4) is 11.8 Å². The van der Waals surface area contributed by atoms with Crippen molar-refractivity contribution in [2.75, 3.05) is 54.2 Å². The smallest absolute Gasteiger partial charge is 0.259 e. The topological polar surface area (TPSA) is 99.2 Å². The predicted octanol–water partition coefficient (Wildman–Crippen LogP) is 1.65. The zero-order valence-corrected chi connectivity index (χ0v) is 18.6. The van der Waals surface area contributed by atoms with E-state index >= 15 is 0 Å². The van der Waals surface area contributed by atoms with Crippen molar-refractivity contribution in [3.05, 3.63) is 17.7 Å². The van der Waals surface area contributed by atoms with Gasteiger partial charge in [0.25, 0.3) is 5.91 Å². The van der Waals surface area contributed by atoms with Crippen molar-refractivity contribution < 1.29 is 28.5 Å². The van der Waals surface area contributed by atoms with Crippen molar-refractivity contribution >= 4 is 11.8 Å². The first-order valence-corrected chi connectivity index (χ1v) is 10.8. The SMILES string of the molecule is COCCC1(NC(=O)C2CCOCC2)CCN(C(=O)c2ccc(OC)nc2OC)CC1. The molecule has 2 aliphatic heterocycles. The fourth-order valence-corrected chi connectivity index (χ4v) is 4.22. The van der Waals surface area contributed by atoms with Gasteiger partial charge in [0.1, 0.15) is 5.56 Å². The average Bonchev–Trinajstić information content (AvgIpc) is 2.83. The molecule has 1 N–H and O–H groups in total. The van der Waals surface area contributed by atoms with E-state index in [0.717, 1.165) is 12.8 Å². The number of amides is 2. The van der Waals surface area contributed by atoms with E-state index in [4.69, 9.17) is 18.9 Å². The summed E-state index contributed by atoms with van der Waals surface area (Å²) < 4.78 is 21.1. The highest BCUT2D eigenvalue weighted by Gasteiger charge is 2.39. The highest BCUT2D eigenvalue weighted by molar-refractivity contribution is 5.96. The van der Waals surface area contributed by atoms with Crippen LogP contribution in [-0.2, 0) is 14.3 Å². The predicted molar refractivity (Wildman–Crippen MR) is 113 cm³/mol. The third kappa shape index (κ3) is 5.65. The Bertz CT molecular complexity index is 758. The van der Waals surface area contributed by atoms with Gasteiger partial charge in [-0.1, -0.05) is 0 Å². The highest BCUT2D eigenvalue weighted by atomic mass is 16.5. The number of nitrogens with one attached hydrogen (secondary N) is 1. The van der Waals surface area contributed by atoms with Gasteiger partial charge in [0.2, 0.25) is 17.7 Å². The fraction of sp³-hybridized carbons (Fsp3) is 0.682. The van der Waals surface area contributed by atoms with E-state index in [-0.39, 0.29) is 29.2 Å². The van der Waals surface area contributed by atoms with Crippen molar-refractivity contribution in [1.29, 1.82) is 0 Å². The number of piperidine rings is 1. The van der Waals surface area contributed by atoms with Crippen LogP contribution in [0.3, 0.4) is 0 Å². The summed E-state index contributed by atoms with van der Waals surface area (Å²) >= 11 is 0. The van der Waals surface area contributed by atoms with Gasteiger partial charge in [-0.15, -0.1) is 0 Å². The Hall–Kier alpha value is -2.39. The third-order valence-corrected chi connectivity index (χ3v) is 6.24. The average molecular weight is 436 g/mol. The van der Waals surface area contributed by atoms with E-state index < -0.39 is 0 Å². The Morgan fingerprint density at radius 3 is 2.48 bits per heavy atom. The van der Waals surface area contributed by atoms with Gasteiger partial charge in [-0.25, -0.2) is 0 Å². The van der Waals surface area contributed by atoms with Crippen molar-refractivity contribution in [1.82, 2.24) is 15.2 Å². The second-order valence-electron chi connectivity index (χ2n) is 8.10. The van der Waals surface area contributed by atoms with Crippen LogP contribution in [-0.4, -0.2) is 81.5 Å². The first kappa shape index (κ1) is 23.3. The molecule has 0 radical (unpaired) electrons. The molecule has 0 aliphatic carbocycles. The molecule has 2 aliphatic rings. The van der Waals surface area contributed by atoms with E-state index in [9.17, 15) is 9.59 Å². The lowest BCUT2D eigenvalue weighted by molar-refractivity contribution is -0.130. The Morgan fingerprint density at radius 2 is 1.87 bits per heavy atom. The molecule has 0 bridgehead atoms. The van der Waals surface area contributed by atoms with Gasteiger partial charge in [-0.3, -0.25) is 9.59 Å². The molecule has 0 saturated carbocycles. The normalized spacial score (nSPS) is 19.0. The van der Waals surface area contributed by atoms with Gasteiger partial charge in [-0.05, 0) is 38.2 Å². The van der Waals surface area contributed by atoms with Crippen LogP contribution < -0.4 is 14.8 Å². The standard InChI is InChI=1S/C22H33N3O6/c1-28-15-10-22(24-19(26)16-6-13-31-14-7-16)8-11-25(12-9-22)21(27)17-4-5-18(29-2)23-20(17)30-3/h4-5,16H,6-15H2,1-3H3,(H,24,26). The molecular weight excluding hydrogens is 402 g/mol. The van der Waals surface area contributed by atoms with Crippen LogP contribution in [0.1, 0.15) is 42.5 Å². The number of methoxy groups -OCH3 is 3. The molecular formula is C22H33N3O6. The quantitative estimate of drug-likeness (QED) is 0.663. The number of carbonyl (C=O) groups is 2. The summed E-state index contributed by atoms with van der Waals surface area (Å²) in [5.41, 5.74) is 0.0312. The van der Waals surface area contributed by atoms with Crippen molar-refractivity contribution in [2.24, 2.45) is 5.92 Å². The summed E-state index contributed by atoms with van der Waals surface area (Å²) in [4.78, 5) is 32.0. The largest absolute Gasteiger partial charge is 0.481 e. The lowest BCUT2D eigenvalue weighted by Gasteiger charge is -2.43. The first-order valence-electron chi connectivity index (χ1n) is 10.8. The van der Waals surface area contributed by atoms with Crippen LogP contribution in [0.2, 0.25) is 0 Å². The Kier molecular flexibility index (Phi) is 8.09. The van der Waals surface area contributed by atoms with Gasteiger partial charge in [0, 0.05) is 57.5 Å². The summed E-state index contributed by atoms with van der Waals surface area (Å²) in [5.74, 6) is 0.570. The van der Waals surface area contributed by atoms with Crippen LogP contribution in [0.5, 0.6) is 11.8 Å². The maximum absolute atomic E-state index is 13.1. The number of pyridine rings is 1. The van der Waals surface area contributed by atoms with Crippen LogP contribution in [0.25, 0.3) is 0 Å². The number of ether oxygens (including phenoxy) is 4. The fourth-order valence-electron chi connectivity index (χ4n) is 4.22. The first-order chi connectivity index (χ1) is 15.0. The van der Waals surface area contributed by atoms with E-state index in [0.29, 0.717) is 63.6 Å². The molecule has 9 heteroatoms. The van der Waals surface area contributed by atoms with Crippen molar-refractivity contribution in [3.63, 3.8) is 0 Å².